The van der Waals surface area contributed by atoms with Crippen molar-refractivity contribution in [3.8, 4) is 11.4 Å². The van der Waals surface area contributed by atoms with E-state index in [2.05, 4.69) is 0 Å². The van der Waals surface area contributed by atoms with Gasteiger partial charge in [-0.05, 0) is 25.1 Å². The van der Waals surface area contributed by atoms with Crippen molar-refractivity contribution >= 4 is 11.6 Å². The van der Waals surface area contributed by atoms with Crippen molar-refractivity contribution in [2.45, 2.75) is 6.92 Å². The highest BCUT2D eigenvalue weighted by Gasteiger charge is 2.11. The molecule has 0 aliphatic carbocycles. The van der Waals surface area contributed by atoms with Gasteiger partial charge in [0.15, 0.2) is 5.75 Å². The SMILES string of the molecule is CCOc1cc(=O)n(-c2cccc(Cl)c2)n(C)c1=O. The molecule has 0 bridgehead atoms. The van der Waals surface area contributed by atoms with Gasteiger partial charge in [0.25, 0.3) is 5.56 Å². The van der Waals surface area contributed by atoms with Crippen molar-refractivity contribution in [1.29, 1.82) is 0 Å². The molecule has 0 radical (unpaired) electrons. The van der Waals surface area contributed by atoms with Gasteiger partial charge < -0.3 is 4.74 Å². The van der Waals surface area contributed by atoms with E-state index in [4.69, 9.17) is 16.3 Å². The van der Waals surface area contributed by atoms with E-state index < -0.39 is 0 Å². The third-order valence-electron chi connectivity index (χ3n) is 2.62. The molecule has 5 nitrogen and oxygen atoms in total. The van der Waals surface area contributed by atoms with Crippen LogP contribution in [0.1, 0.15) is 6.92 Å². The summed E-state index contributed by atoms with van der Waals surface area (Å²) in [5.41, 5.74) is -0.200. The van der Waals surface area contributed by atoms with Gasteiger partial charge >= 0.3 is 5.56 Å². The third-order valence-corrected chi connectivity index (χ3v) is 2.86. The number of hydrogen-bond donors (Lipinski definition) is 0. The Morgan fingerprint density at radius 1 is 1.26 bits per heavy atom. The Labute approximate surface area is 114 Å². The van der Waals surface area contributed by atoms with Gasteiger partial charge in [-0.3, -0.25) is 9.59 Å². The molecule has 1 heterocycles. The van der Waals surface area contributed by atoms with Crippen molar-refractivity contribution in [1.82, 2.24) is 9.36 Å². The third kappa shape index (κ3) is 2.56. The van der Waals surface area contributed by atoms with Gasteiger partial charge in [0.1, 0.15) is 0 Å². The van der Waals surface area contributed by atoms with Crippen LogP contribution in [0.15, 0.2) is 39.9 Å². The molecule has 0 N–H and O–H groups in total. The summed E-state index contributed by atoms with van der Waals surface area (Å²) < 4.78 is 7.59. The average Bonchev–Trinajstić information content (AvgIpc) is 2.36. The quantitative estimate of drug-likeness (QED) is 0.858. The molecule has 6 heteroatoms. The van der Waals surface area contributed by atoms with Crippen molar-refractivity contribution in [2.24, 2.45) is 7.05 Å². The Kier molecular flexibility index (Phi) is 3.76. The second-order valence-electron chi connectivity index (χ2n) is 3.90. The van der Waals surface area contributed by atoms with Crippen LogP contribution in [0.4, 0.5) is 0 Å². The summed E-state index contributed by atoms with van der Waals surface area (Å²) in [6.45, 7) is 2.08. The van der Waals surface area contributed by atoms with E-state index in [0.717, 1.165) is 0 Å². The minimum Gasteiger partial charge on any atom is -0.488 e. The normalized spacial score (nSPS) is 10.5. The second-order valence-corrected chi connectivity index (χ2v) is 4.34. The molecule has 1 aromatic carbocycles. The fourth-order valence-corrected chi connectivity index (χ4v) is 1.98. The van der Waals surface area contributed by atoms with E-state index >= 15 is 0 Å². The maximum absolute atomic E-state index is 12.1. The standard InChI is InChI=1S/C13H13ClN2O3/c1-3-19-11-8-12(17)16(15(2)13(11)18)10-6-4-5-9(14)7-10/h4-8H,3H2,1-2H3. The lowest BCUT2D eigenvalue weighted by Gasteiger charge is -2.13. The smallest absolute Gasteiger partial charge is 0.307 e. The molecule has 0 atom stereocenters. The maximum atomic E-state index is 12.1. The first-order valence-corrected chi connectivity index (χ1v) is 6.14. The van der Waals surface area contributed by atoms with Crippen molar-refractivity contribution in [3.05, 3.63) is 56.1 Å². The highest BCUT2D eigenvalue weighted by molar-refractivity contribution is 6.30. The molecule has 0 spiro atoms. The van der Waals surface area contributed by atoms with Crippen LogP contribution in [0.25, 0.3) is 5.69 Å². The second kappa shape index (κ2) is 5.32. The van der Waals surface area contributed by atoms with Crippen LogP contribution in [0, 0.1) is 0 Å². The van der Waals surface area contributed by atoms with Crippen molar-refractivity contribution in [3.63, 3.8) is 0 Å². The van der Waals surface area contributed by atoms with Crippen LogP contribution in [0.2, 0.25) is 5.02 Å². The van der Waals surface area contributed by atoms with Gasteiger partial charge in [-0.15, -0.1) is 0 Å². The summed E-state index contributed by atoms with van der Waals surface area (Å²) in [5.74, 6) is 0.0493. The van der Waals surface area contributed by atoms with Crippen LogP contribution in [-0.2, 0) is 7.05 Å². The van der Waals surface area contributed by atoms with E-state index in [1.807, 2.05) is 0 Å². The molecule has 0 aliphatic heterocycles. The number of benzene rings is 1. The molecule has 0 amide bonds. The predicted octanol–water partition coefficient (Wildman–Crippen LogP) is 1.59. The van der Waals surface area contributed by atoms with Gasteiger partial charge in [0, 0.05) is 12.1 Å². The molecule has 1 aromatic heterocycles. The summed E-state index contributed by atoms with van der Waals surface area (Å²) in [6.07, 6.45) is 0. The summed E-state index contributed by atoms with van der Waals surface area (Å²) >= 11 is 5.89. The molecule has 2 rings (SSSR count). The van der Waals surface area contributed by atoms with Crippen LogP contribution < -0.4 is 15.9 Å². The topological polar surface area (TPSA) is 53.2 Å². The summed E-state index contributed by atoms with van der Waals surface area (Å²) in [4.78, 5) is 24.1. The molecule has 0 saturated heterocycles. The van der Waals surface area contributed by atoms with E-state index in [9.17, 15) is 9.59 Å². The molecule has 0 saturated carbocycles. The van der Waals surface area contributed by atoms with Gasteiger partial charge in [0.05, 0.1) is 18.4 Å². The van der Waals surface area contributed by atoms with E-state index in [0.29, 0.717) is 17.3 Å². The number of ether oxygens (including phenoxy) is 1. The van der Waals surface area contributed by atoms with Crippen LogP contribution >= 0.6 is 11.6 Å². The highest BCUT2D eigenvalue weighted by Crippen LogP contribution is 2.13. The van der Waals surface area contributed by atoms with Crippen molar-refractivity contribution in [2.75, 3.05) is 6.61 Å². The Bertz CT molecular complexity index is 719. The van der Waals surface area contributed by atoms with Crippen LogP contribution in [0.5, 0.6) is 5.75 Å². The zero-order valence-corrected chi connectivity index (χ0v) is 11.3. The number of nitrogens with zero attached hydrogens (tertiary/aromatic N) is 2. The lowest BCUT2D eigenvalue weighted by Crippen LogP contribution is -2.35. The average molecular weight is 281 g/mol. The van der Waals surface area contributed by atoms with Gasteiger partial charge in [-0.25, -0.2) is 9.36 Å². The first-order chi connectivity index (χ1) is 9.04. The van der Waals surface area contributed by atoms with Crippen LogP contribution in [0.3, 0.4) is 0 Å². The first kappa shape index (κ1) is 13.4. The Balaban J connectivity index is 2.69. The van der Waals surface area contributed by atoms with Crippen molar-refractivity contribution < 1.29 is 4.74 Å². The fourth-order valence-electron chi connectivity index (χ4n) is 1.80. The van der Waals surface area contributed by atoms with Crippen LogP contribution in [-0.4, -0.2) is 16.0 Å². The number of aromatic nitrogens is 2. The minimum atomic E-state index is -0.374. The zero-order chi connectivity index (χ0) is 14.0. The van der Waals surface area contributed by atoms with Gasteiger partial charge in [-0.1, -0.05) is 17.7 Å². The molecule has 0 aliphatic rings. The first-order valence-electron chi connectivity index (χ1n) is 5.76. The fraction of sp³-hybridized carbons (Fsp3) is 0.231. The highest BCUT2D eigenvalue weighted by atomic mass is 35.5. The molecular formula is C13H13ClN2O3. The summed E-state index contributed by atoms with van der Waals surface area (Å²) in [6, 6.07) is 7.91. The molecule has 2 aromatic rings. The monoisotopic (exact) mass is 280 g/mol. The molecule has 0 fully saturated rings. The van der Waals surface area contributed by atoms with E-state index in [1.54, 1.807) is 31.2 Å². The number of rotatable bonds is 3. The molecule has 100 valence electrons. The Morgan fingerprint density at radius 3 is 2.63 bits per heavy atom. The lowest BCUT2D eigenvalue weighted by atomic mass is 10.3. The molecule has 19 heavy (non-hydrogen) atoms. The van der Waals surface area contributed by atoms with E-state index in [1.165, 1.54) is 22.5 Å². The summed E-state index contributed by atoms with van der Waals surface area (Å²) in [5, 5.41) is 0.491. The maximum Gasteiger partial charge on any atom is 0.307 e. The van der Waals surface area contributed by atoms with E-state index in [-0.39, 0.29) is 16.9 Å². The predicted molar refractivity (Wildman–Crippen MR) is 73.5 cm³/mol. The van der Waals surface area contributed by atoms with Gasteiger partial charge in [0.2, 0.25) is 0 Å². The lowest BCUT2D eigenvalue weighted by molar-refractivity contribution is 0.327. The minimum absolute atomic E-state index is 0.0493. The zero-order valence-electron chi connectivity index (χ0n) is 10.6. The Hall–Kier alpha value is -2.01. The molecular weight excluding hydrogens is 268 g/mol. The molecule has 0 unspecified atom stereocenters. The largest absolute Gasteiger partial charge is 0.488 e. The number of halogens is 1. The number of hydrogen-bond acceptors (Lipinski definition) is 3. The van der Waals surface area contributed by atoms with Gasteiger partial charge in [-0.2, -0.15) is 0 Å². The Morgan fingerprint density at radius 2 is 2.00 bits per heavy atom. The summed E-state index contributed by atoms with van der Waals surface area (Å²) in [7, 11) is 1.51.